The van der Waals surface area contributed by atoms with Crippen LogP contribution < -0.4 is 24.7 Å². The summed E-state index contributed by atoms with van der Waals surface area (Å²) in [6.45, 7) is 8.17. The molecule has 0 heterocycles. The van der Waals surface area contributed by atoms with Crippen LogP contribution in [0.2, 0.25) is 0 Å². The quantitative estimate of drug-likeness (QED) is 0.0760. The van der Waals surface area contributed by atoms with E-state index in [0.717, 1.165) is 23.6 Å². The second-order valence-corrected chi connectivity index (χ2v) is 15.4. The standard InChI is InChI=1S/C31H31N5O12S3/c1-8-49(38,39)24-14-20(45-4)18(12-22(24)47-6)33-35-29-16(3)10-17-11-26(51(42,43)44)30(31(37)27(17)28(29)32)36-34-19-13-23(48-7)25(15-21(19)46-5)50(40,41)9-2/h8-15,37H,1-2,32H2,3-7H3,(H,42,43,44)/b35-33+,36-34+. The van der Waals surface area contributed by atoms with Crippen molar-refractivity contribution in [2.24, 2.45) is 20.5 Å². The maximum atomic E-state index is 12.5. The Balaban J connectivity index is 1.95. The first-order chi connectivity index (χ1) is 23.9. The van der Waals surface area contributed by atoms with Crippen molar-refractivity contribution in [2.45, 2.75) is 21.6 Å². The number of nitrogens with zero attached hydrogens (tertiary/aromatic N) is 4. The molecule has 0 amide bonds. The molecule has 0 aliphatic rings. The van der Waals surface area contributed by atoms with Crippen LogP contribution in [0, 0.1) is 6.92 Å². The minimum atomic E-state index is -5.04. The third-order valence-electron chi connectivity index (χ3n) is 7.32. The molecule has 0 saturated heterocycles. The molecule has 0 aliphatic carbocycles. The van der Waals surface area contributed by atoms with Gasteiger partial charge in [0, 0.05) is 35.1 Å². The average molecular weight is 762 g/mol. The molecular formula is C31H31N5O12S3. The summed E-state index contributed by atoms with van der Waals surface area (Å²) in [6, 6.07) is 7.10. The van der Waals surface area contributed by atoms with Crippen LogP contribution in [0.1, 0.15) is 5.56 Å². The number of azo groups is 2. The molecule has 4 rings (SSSR count). The highest BCUT2D eigenvalue weighted by atomic mass is 32.2. The number of rotatable bonds is 13. The van der Waals surface area contributed by atoms with Crippen molar-refractivity contribution in [3.8, 4) is 28.7 Å². The van der Waals surface area contributed by atoms with Crippen LogP contribution >= 0.6 is 0 Å². The van der Waals surface area contributed by atoms with Gasteiger partial charge in [0.15, 0.2) is 5.75 Å². The molecule has 0 aliphatic heterocycles. The van der Waals surface area contributed by atoms with Crippen LogP contribution in [0.25, 0.3) is 10.8 Å². The van der Waals surface area contributed by atoms with E-state index in [0.29, 0.717) is 11.0 Å². The van der Waals surface area contributed by atoms with Crippen molar-refractivity contribution in [1.82, 2.24) is 0 Å². The van der Waals surface area contributed by atoms with Crippen LogP contribution in [-0.2, 0) is 29.8 Å². The number of methoxy groups -OCH3 is 4. The summed E-state index contributed by atoms with van der Waals surface area (Å²) >= 11 is 0. The zero-order valence-electron chi connectivity index (χ0n) is 27.6. The van der Waals surface area contributed by atoms with E-state index in [1.165, 1.54) is 46.6 Å². The van der Waals surface area contributed by atoms with E-state index in [4.69, 9.17) is 24.7 Å². The second kappa shape index (κ2) is 14.3. The Bertz CT molecular complexity index is 2500. The lowest BCUT2D eigenvalue weighted by molar-refractivity contribution is 0.393. The first-order valence-electron chi connectivity index (χ1n) is 14.1. The number of anilines is 1. The molecule has 0 bridgehead atoms. The number of phenolic OH excluding ortho intramolecular Hbond substituents is 1. The number of aryl methyl sites for hydroxylation is 1. The molecule has 0 radical (unpaired) electrons. The van der Waals surface area contributed by atoms with Crippen molar-refractivity contribution in [2.75, 3.05) is 34.2 Å². The lowest BCUT2D eigenvalue weighted by atomic mass is 10.0. The molecule has 0 spiro atoms. The third kappa shape index (κ3) is 7.33. The maximum absolute atomic E-state index is 12.5. The molecule has 20 heteroatoms. The Morgan fingerprint density at radius 3 is 1.47 bits per heavy atom. The Morgan fingerprint density at radius 2 is 1.08 bits per heavy atom. The van der Waals surface area contributed by atoms with Crippen LogP contribution in [-0.4, -0.2) is 63.4 Å². The van der Waals surface area contributed by atoms with Gasteiger partial charge in [0.1, 0.15) is 60.4 Å². The van der Waals surface area contributed by atoms with E-state index in [1.807, 2.05) is 0 Å². The highest BCUT2D eigenvalue weighted by Crippen LogP contribution is 2.48. The van der Waals surface area contributed by atoms with Gasteiger partial charge in [0.2, 0.25) is 19.7 Å². The number of sulfone groups is 2. The lowest BCUT2D eigenvalue weighted by Gasteiger charge is -2.14. The predicted molar refractivity (Wildman–Crippen MR) is 187 cm³/mol. The second-order valence-electron chi connectivity index (χ2n) is 10.3. The zero-order chi connectivity index (χ0) is 38.1. The molecule has 51 heavy (non-hydrogen) atoms. The highest BCUT2D eigenvalue weighted by Gasteiger charge is 2.26. The predicted octanol–water partition coefficient (Wildman–Crippen LogP) is 6.38. The average Bonchev–Trinajstić information content (AvgIpc) is 3.09. The van der Waals surface area contributed by atoms with Gasteiger partial charge in [0.05, 0.1) is 39.5 Å². The number of phenols is 1. The van der Waals surface area contributed by atoms with Crippen LogP contribution in [0.4, 0.5) is 28.4 Å². The first-order valence-corrected chi connectivity index (χ1v) is 18.6. The van der Waals surface area contributed by atoms with Gasteiger partial charge in [0.25, 0.3) is 10.1 Å². The fourth-order valence-corrected chi connectivity index (χ4v) is 7.21. The van der Waals surface area contributed by atoms with E-state index < -0.39 is 46.1 Å². The van der Waals surface area contributed by atoms with Gasteiger partial charge in [-0.05, 0) is 30.0 Å². The highest BCUT2D eigenvalue weighted by molar-refractivity contribution is 7.94. The van der Waals surface area contributed by atoms with Crippen molar-refractivity contribution in [3.05, 3.63) is 65.9 Å². The first kappa shape index (κ1) is 38.2. The van der Waals surface area contributed by atoms with Crippen LogP contribution in [0.3, 0.4) is 0 Å². The number of fused-ring (bicyclic) bond motifs is 1. The largest absolute Gasteiger partial charge is 0.505 e. The van der Waals surface area contributed by atoms with Gasteiger partial charge < -0.3 is 29.8 Å². The Morgan fingerprint density at radius 1 is 0.647 bits per heavy atom. The molecule has 0 fully saturated rings. The smallest absolute Gasteiger partial charge is 0.296 e. The lowest BCUT2D eigenvalue weighted by Crippen LogP contribution is -2.01. The van der Waals surface area contributed by atoms with E-state index in [2.05, 4.69) is 33.6 Å². The van der Waals surface area contributed by atoms with Crippen LogP contribution in [0.15, 0.2) is 95.5 Å². The molecule has 4 N–H and O–H groups in total. The Labute approximate surface area is 292 Å². The van der Waals surface area contributed by atoms with Gasteiger partial charge in [-0.2, -0.15) is 8.42 Å². The summed E-state index contributed by atoms with van der Waals surface area (Å²) in [5.74, 6) is -1.21. The van der Waals surface area contributed by atoms with Gasteiger partial charge in [-0.1, -0.05) is 13.2 Å². The van der Waals surface area contributed by atoms with Gasteiger partial charge in [-0.15, -0.1) is 20.5 Å². The SMILES string of the molecule is C=CS(=O)(=O)c1cc(OC)c(/N=N/c2c(C)cc3cc(S(=O)(=O)O)c(/N=N/c4cc(OC)c(S(=O)(=O)C=C)cc4OC)c(O)c3c2N)cc1OC. The minimum Gasteiger partial charge on any atom is -0.505 e. The van der Waals surface area contributed by atoms with Crippen LogP contribution in [0.5, 0.6) is 28.7 Å². The van der Waals surface area contributed by atoms with Crippen molar-refractivity contribution in [1.29, 1.82) is 0 Å². The number of aromatic hydroxyl groups is 1. The fraction of sp³-hybridized carbons (Fsp3) is 0.161. The van der Waals surface area contributed by atoms with E-state index in [-0.39, 0.29) is 66.3 Å². The van der Waals surface area contributed by atoms with E-state index in [1.54, 1.807) is 6.92 Å². The molecule has 0 aromatic heterocycles. The summed E-state index contributed by atoms with van der Waals surface area (Å²) in [4.78, 5) is -1.37. The van der Waals surface area contributed by atoms with Crippen molar-refractivity contribution < 1.29 is 53.9 Å². The normalized spacial score (nSPS) is 12.4. The Kier molecular flexibility index (Phi) is 10.8. The molecule has 270 valence electrons. The number of nitrogens with two attached hydrogens (primary N) is 1. The maximum Gasteiger partial charge on any atom is 0.296 e. The van der Waals surface area contributed by atoms with Crippen molar-refractivity contribution in [3.63, 3.8) is 0 Å². The number of nitrogen functional groups attached to an aromatic ring is 1. The van der Waals surface area contributed by atoms with Gasteiger partial charge in [-0.25, -0.2) is 16.8 Å². The van der Waals surface area contributed by atoms with E-state index in [9.17, 15) is 34.9 Å². The molecular weight excluding hydrogens is 731 g/mol. The summed E-state index contributed by atoms with van der Waals surface area (Å²) in [5, 5.41) is 29.0. The summed E-state index contributed by atoms with van der Waals surface area (Å²) in [5.41, 5.74) is 5.76. The molecule has 17 nitrogen and oxygen atoms in total. The zero-order valence-corrected chi connectivity index (χ0v) is 30.1. The number of benzene rings is 4. The fourth-order valence-electron chi connectivity index (χ4n) is 4.80. The van der Waals surface area contributed by atoms with Crippen molar-refractivity contribution >= 4 is 69.0 Å². The molecule has 4 aromatic carbocycles. The molecule has 4 aromatic rings. The molecule has 0 unspecified atom stereocenters. The molecule has 0 atom stereocenters. The number of ether oxygens (including phenoxy) is 4. The summed E-state index contributed by atoms with van der Waals surface area (Å²) in [7, 11) is -8.03. The topological polar surface area (TPSA) is 255 Å². The molecule has 0 saturated carbocycles. The minimum absolute atomic E-state index is 0.00232. The van der Waals surface area contributed by atoms with E-state index >= 15 is 0 Å². The summed E-state index contributed by atoms with van der Waals surface area (Å²) < 4.78 is 106. The summed E-state index contributed by atoms with van der Waals surface area (Å²) in [6.07, 6.45) is 0. The Hall–Kier alpha value is -5.57. The number of hydrogen-bond acceptors (Lipinski definition) is 16. The number of hydrogen-bond donors (Lipinski definition) is 3. The monoisotopic (exact) mass is 761 g/mol. The van der Waals surface area contributed by atoms with Gasteiger partial charge in [-0.3, -0.25) is 4.55 Å². The third-order valence-corrected chi connectivity index (χ3v) is 10.9. The van der Waals surface area contributed by atoms with Gasteiger partial charge >= 0.3 is 0 Å².